The first-order valence-electron chi connectivity index (χ1n) is 11.8. The number of anilines is 3. The molecule has 0 radical (unpaired) electrons. The molecule has 0 bridgehead atoms. The third-order valence-electron chi connectivity index (χ3n) is 6.67. The maximum absolute atomic E-state index is 12.9. The van der Waals surface area contributed by atoms with Crippen LogP contribution < -0.4 is 10.2 Å². The molecule has 4 heterocycles. The number of carbonyl (C=O) groups is 1. The van der Waals surface area contributed by atoms with Crippen molar-refractivity contribution in [3.8, 4) is 11.1 Å². The highest BCUT2D eigenvalue weighted by Gasteiger charge is 2.26. The van der Waals surface area contributed by atoms with Gasteiger partial charge < -0.3 is 19.7 Å². The van der Waals surface area contributed by atoms with E-state index in [2.05, 4.69) is 25.4 Å². The minimum Gasteiger partial charge on any atom is -0.342 e. The lowest BCUT2D eigenvalue weighted by Gasteiger charge is -2.28. The molecule has 0 unspecified atom stereocenters. The molecule has 9 heteroatoms. The van der Waals surface area contributed by atoms with Crippen LogP contribution in [0.2, 0.25) is 0 Å². The van der Waals surface area contributed by atoms with Crippen molar-refractivity contribution in [2.45, 2.75) is 32.9 Å². The van der Waals surface area contributed by atoms with Gasteiger partial charge >= 0.3 is 0 Å². The summed E-state index contributed by atoms with van der Waals surface area (Å²) in [5, 5.41) is 10.2. The predicted octanol–water partition coefficient (Wildman–Crippen LogP) is 3.99. The quantitative estimate of drug-likeness (QED) is 0.442. The second-order valence-electron chi connectivity index (χ2n) is 9.17. The summed E-state index contributed by atoms with van der Waals surface area (Å²) in [7, 11) is 3.82. The highest BCUT2D eigenvalue weighted by molar-refractivity contribution is 5.93. The second-order valence-corrected chi connectivity index (χ2v) is 9.17. The maximum atomic E-state index is 12.9. The number of fused-ring (bicyclic) bond motifs is 1. The number of hydrogen-bond donors (Lipinski definition) is 2. The fourth-order valence-corrected chi connectivity index (χ4v) is 4.31. The summed E-state index contributed by atoms with van der Waals surface area (Å²) in [5.74, 6) is 1.45. The smallest absolute Gasteiger partial charge is 0.270 e. The Morgan fingerprint density at radius 2 is 1.97 bits per heavy atom. The van der Waals surface area contributed by atoms with Gasteiger partial charge in [0.25, 0.3) is 5.91 Å². The van der Waals surface area contributed by atoms with Gasteiger partial charge in [-0.3, -0.25) is 9.89 Å². The lowest BCUT2D eigenvalue weighted by molar-refractivity contribution is 0.0745. The van der Waals surface area contributed by atoms with Crippen molar-refractivity contribution >= 4 is 23.4 Å². The highest BCUT2D eigenvalue weighted by Crippen LogP contribution is 2.27. The normalized spacial score (nSPS) is 13.1. The summed E-state index contributed by atoms with van der Waals surface area (Å²) in [6.45, 7) is 5.50. The van der Waals surface area contributed by atoms with Crippen molar-refractivity contribution in [2.24, 2.45) is 7.05 Å². The number of nitrogens with zero attached hydrogens (tertiary/aromatic N) is 6. The molecule has 9 nitrogen and oxygen atoms in total. The number of amides is 1. The first-order valence-corrected chi connectivity index (χ1v) is 11.8. The van der Waals surface area contributed by atoms with E-state index in [0.717, 1.165) is 47.0 Å². The monoisotopic (exact) mass is 470 g/mol. The molecule has 1 amide bonds. The molecule has 0 spiro atoms. The van der Waals surface area contributed by atoms with Crippen molar-refractivity contribution in [2.75, 3.05) is 23.8 Å². The molecule has 180 valence electrons. The number of nitrogens with one attached hydrogen (secondary N) is 2. The van der Waals surface area contributed by atoms with E-state index >= 15 is 0 Å². The summed E-state index contributed by atoms with van der Waals surface area (Å²) >= 11 is 0. The van der Waals surface area contributed by atoms with Crippen LogP contribution in [0.15, 0.2) is 55.0 Å². The topological polar surface area (TPSA) is 95.0 Å². The van der Waals surface area contributed by atoms with Crippen molar-refractivity contribution in [1.29, 1.82) is 0 Å². The Bertz CT molecular complexity index is 1320. The predicted molar refractivity (Wildman–Crippen MR) is 137 cm³/mol. The third-order valence-corrected chi connectivity index (χ3v) is 6.67. The number of H-pyrrole nitrogens is 1. The Balaban J connectivity index is 1.31. The zero-order chi connectivity index (χ0) is 24.5. The third kappa shape index (κ3) is 4.49. The number of carbonyl (C=O) groups excluding carboxylic acids is 1. The number of rotatable bonds is 6. The fraction of sp³-hybridized carbons (Fsp3) is 0.308. The molecule has 5 rings (SSSR count). The Morgan fingerprint density at radius 3 is 2.69 bits per heavy atom. The summed E-state index contributed by atoms with van der Waals surface area (Å²) in [6, 6.07) is 12.2. The van der Waals surface area contributed by atoms with Gasteiger partial charge in [-0.2, -0.15) is 10.1 Å². The Labute approximate surface area is 204 Å². The Kier molecular flexibility index (Phi) is 5.98. The number of hydrogen-bond acceptors (Lipinski definition) is 6. The molecule has 0 saturated heterocycles. The minimum atomic E-state index is 0.0460. The van der Waals surface area contributed by atoms with Crippen LogP contribution in [-0.4, -0.2) is 55.2 Å². The summed E-state index contributed by atoms with van der Waals surface area (Å²) in [5.41, 5.74) is 6.17. The van der Waals surface area contributed by atoms with E-state index < -0.39 is 0 Å². The van der Waals surface area contributed by atoms with Crippen LogP contribution in [0.5, 0.6) is 0 Å². The molecule has 0 aliphatic carbocycles. The van der Waals surface area contributed by atoms with E-state index in [0.29, 0.717) is 12.5 Å². The molecular weight excluding hydrogens is 440 g/mol. The molecule has 2 N–H and O–H groups in total. The minimum absolute atomic E-state index is 0.0460. The van der Waals surface area contributed by atoms with Gasteiger partial charge in [-0.15, -0.1) is 0 Å². The average Bonchev–Trinajstić information content (AvgIpc) is 3.52. The van der Waals surface area contributed by atoms with Crippen LogP contribution in [0, 0.1) is 0 Å². The van der Waals surface area contributed by atoms with Gasteiger partial charge in [-0.1, -0.05) is 12.1 Å². The average molecular weight is 471 g/mol. The van der Waals surface area contributed by atoms with Crippen LogP contribution >= 0.6 is 0 Å². The summed E-state index contributed by atoms with van der Waals surface area (Å²) in [6.07, 6.45) is 6.30. The molecule has 35 heavy (non-hydrogen) atoms. The molecule has 1 aliphatic heterocycles. The van der Waals surface area contributed by atoms with Crippen LogP contribution in [0.25, 0.3) is 11.1 Å². The zero-order valence-corrected chi connectivity index (χ0v) is 20.5. The van der Waals surface area contributed by atoms with Crippen molar-refractivity contribution in [1.82, 2.24) is 29.6 Å². The number of benzene rings is 1. The van der Waals surface area contributed by atoms with E-state index in [4.69, 9.17) is 4.98 Å². The highest BCUT2D eigenvalue weighted by atomic mass is 16.2. The van der Waals surface area contributed by atoms with E-state index in [-0.39, 0.29) is 11.9 Å². The first-order chi connectivity index (χ1) is 16.9. The van der Waals surface area contributed by atoms with E-state index in [1.165, 1.54) is 5.56 Å². The van der Waals surface area contributed by atoms with Crippen LogP contribution in [-0.2, 0) is 20.0 Å². The Morgan fingerprint density at radius 1 is 1.17 bits per heavy atom. The molecule has 0 saturated carbocycles. The molecule has 1 aromatic carbocycles. The maximum Gasteiger partial charge on any atom is 0.270 e. The van der Waals surface area contributed by atoms with Crippen molar-refractivity contribution < 1.29 is 4.79 Å². The van der Waals surface area contributed by atoms with Crippen LogP contribution in [0.3, 0.4) is 0 Å². The second kappa shape index (κ2) is 9.25. The van der Waals surface area contributed by atoms with Gasteiger partial charge in [0.1, 0.15) is 11.5 Å². The molecule has 1 aliphatic rings. The largest absolute Gasteiger partial charge is 0.342 e. The van der Waals surface area contributed by atoms with E-state index in [9.17, 15) is 4.79 Å². The van der Waals surface area contributed by atoms with Crippen molar-refractivity contribution in [3.63, 3.8) is 0 Å². The fourth-order valence-electron chi connectivity index (χ4n) is 4.31. The van der Waals surface area contributed by atoms with Crippen molar-refractivity contribution in [3.05, 3.63) is 71.9 Å². The molecule has 0 atom stereocenters. The Hall–Kier alpha value is -4.14. The molecule has 3 aromatic heterocycles. The van der Waals surface area contributed by atoms with Gasteiger partial charge in [-0.25, -0.2) is 4.98 Å². The van der Waals surface area contributed by atoms with E-state index in [1.807, 2.05) is 75.1 Å². The van der Waals surface area contributed by atoms with Gasteiger partial charge in [0.15, 0.2) is 0 Å². The lowest BCUT2D eigenvalue weighted by Crippen LogP contribution is -2.35. The standard InChI is InChI=1S/C26H30N8O/c1-17(2)32(3)25(35)22-13-19-10-12-34(16-23(19)33(22)4)26-27-11-9-24(31-26)30-21-7-5-18(6-8-21)20-14-28-29-15-20/h5-9,11,13-15,17H,10,12,16H2,1-4H3,(H,28,29)(H,27,30,31). The van der Waals surface area contributed by atoms with Crippen LogP contribution in [0.4, 0.5) is 17.5 Å². The molecular formula is C26H30N8O. The molecule has 4 aromatic rings. The van der Waals surface area contributed by atoms with Gasteiger partial charge in [0.05, 0.1) is 12.7 Å². The van der Waals surface area contributed by atoms with Gasteiger partial charge in [0.2, 0.25) is 5.95 Å². The van der Waals surface area contributed by atoms with Gasteiger partial charge in [0, 0.05) is 56.0 Å². The lowest BCUT2D eigenvalue weighted by atomic mass is 10.1. The van der Waals surface area contributed by atoms with Crippen LogP contribution in [0.1, 0.15) is 35.6 Å². The number of aromatic nitrogens is 5. The first kappa shape index (κ1) is 22.6. The zero-order valence-electron chi connectivity index (χ0n) is 20.5. The molecule has 0 fully saturated rings. The van der Waals surface area contributed by atoms with Gasteiger partial charge in [-0.05, 0) is 55.7 Å². The summed E-state index contributed by atoms with van der Waals surface area (Å²) in [4.78, 5) is 26.2. The SMILES string of the molecule is CC(C)N(C)C(=O)c1cc2c(n1C)CN(c1nccc(Nc3ccc(-c4cn[nH]c4)cc3)n1)CC2. The van der Waals surface area contributed by atoms with E-state index in [1.54, 1.807) is 17.3 Å². The summed E-state index contributed by atoms with van der Waals surface area (Å²) < 4.78 is 2.02. The number of aromatic amines is 1.